The van der Waals surface area contributed by atoms with Gasteiger partial charge >= 0.3 is 0 Å². The summed E-state index contributed by atoms with van der Waals surface area (Å²) in [4.78, 5) is 44.9. The maximum Gasteiger partial charge on any atom is 0.271 e. The van der Waals surface area contributed by atoms with Gasteiger partial charge in [-0.15, -0.1) is 0 Å². The summed E-state index contributed by atoms with van der Waals surface area (Å²) in [7, 11) is 1.55. The molecule has 206 valence electrons. The van der Waals surface area contributed by atoms with Gasteiger partial charge in [0.15, 0.2) is 0 Å². The summed E-state index contributed by atoms with van der Waals surface area (Å²) in [5.41, 5.74) is 0.864. The van der Waals surface area contributed by atoms with Crippen LogP contribution in [0.3, 0.4) is 0 Å². The van der Waals surface area contributed by atoms with E-state index in [1.807, 2.05) is 0 Å². The van der Waals surface area contributed by atoms with E-state index in [1.165, 1.54) is 0 Å². The Morgan fingerprint density at radius 3 is 2.64 bits per heavy atom. The monoisotopic (exact) mass is 551 g/mol. The highest BCUT2D eigenvalue weighted by Crippen LogP contribution is 2.48. The van der Waals surface area contributed by atoms with E-state index in [2.05, 4.69) is 21.7 Å². The van der Waals surface area contributed by atoms with Gasteiger partial charge in [0.2, 0.25) is 11.8 Å². The van der Waals surface area contributed by atoms with Gasteiger partial charge in [0.1, 0.15) is 23.5 Å². The lowest BCUT2D eigenvalue weighted by Gasteiger charge is -2.32. The normalized spacial score (nSPS) is 25.5. The number of methoxy groups -OCH3 is 1. The second-order valence-corrected chi connectivity index (χ2v) is 12.5. The Bertz CT molecular complexity index is 1370. The number of benzene rings is 1. The van der Waals surface area contributed by atoms with Crippen molar-refractivity contribution in [2.45, 2.75) is 81.8 Å². The quantitative estimate of drug-likeness (QED) is 0.499. The summed E-state index contributed by atoms with van der Waals surface area (Å²) in [6, 6.07) is 5.91. The number of nitriles is 1. The molecule has 3 amide bonds. The summed E-state index contributed by atoms with van der Waals surface area (Å²) >= 11 is 6.23. The third-order valence-electron chi connectivity index (χ3n) is 9.34. The molecule has 10 heteroatoms. The Morgan fingerprint density at radius 2 is 1.97 bits per heavy atom. The van der Waals surface area contributed by atoms with Gasteiger partial charge in [-0.2, -0.15) is 5.26 Å². The molecule has 9 nitrogen and oxygen atoms in total. The molecule has 2 saturated carbocycles. The van der Waals surface area contributed by atoms with Crippen LogP contribution in [0.15, 0.2) is 18.2 Å². The van der Waals surface area contributed by atoms with Gasteiger partial charge in [-0.3, -0.25) is 14.4 Å². The molecule has 6 rings (SSSR count). The van der Waals surface area contributed by atoms with Crippen molar-refractivity contribution in [2.75, 3.05) is 13.7 Å². The van der Waals surface area contributed by atoms with Crippen molar-refractivity contribution in [3.63, 3.8) is 0 Å². The van der Waals surface area contributed by atoms with Crippen molar-refractivity contribution in [3.05, 3.63) is 28.9 Å². The van der Waals surface area contributed by atoms with Crippen LogP contribution in [0, 0.1) is 22.7 Å². The van der Waals surface area contributed by atoms with Crippen LogP contribution in [0.5, 0.6) is 5.75 Å². The number of nitrogens with one attached hydrogen (secondary N) is 3. The molecule has 39 heavy (non-hydrogen) atoms. The van der Waals surface area contributed by atoms with Crippen LogP contribution in [0.25, 0.3) is 10.9 Å². The number of amides is 3. The van der Waals surface area contributed by atoms with Crippen LogP contribution in [-0.2, 0) is 9.59 Å². The van der Waals surface area contributed by atoms with Crippen LogP contribution in [0.4, 0.5) is 0 Å². The molecular weight excluding hydrogens is 518 g/mol. The van der Waals surface area contributed by atoms with Crippen LogP contribution >= 0.6 is 11.6 Å². The van der Waals surface area contributed by atoms with Crippen molar-refractivity contribution < 1.29 is 19.1 Å². The predicted octanol–water partition coefficient (Wildman–Crippen LogP) is 4.06. The molecule has 0 bridgehead atoms. The lowest BCUT2D eigenvalue weighted by molar-refractivity contribution is -0.126. The molecule has 4 fully saturated rings. The van der Waals surface area contributed by atoms with Gasteiger partial charge in [-0.25, -0.2) is 0 Å². The first kappa shape index (κ1) is 26.0. The predicted molar refractivity (Wildman–Crippen MR) is 145 cm³/mol. The highest BCUT2D eigenvalue weighted by atomic mass is 35.5. The largest absolute Gasteiger partial charge is 0.496 e. The standard InChI is InChI=1S/C29H34ClN5O4/c1-39-24-11-18(30)10-21-20(24)12-22(33-21)27(38)35-16-28(5-3-2-4-6-28)14-23(35)26(37)32-19(15-31)9-17-13-29(7-8-29)34-25(17)36/h10-12,17,19,23,33H,2-9,13-14,16H2,1H3,(H,32,37)(H,34,36)/t17-,19+,23+/m1/s1. The van der Waals surface area contributed by atoms with Gasteiger partial charge in [0.05, 0.1) is 18.7 Å². The maximum atomic E-state index is 13.9. The summed E-state index contributed by atoms with van der Waals surface area (Å²) in [6.45, 7) is 0.502. The SMILES string of the molecule is COc1cc(Cl)cc2[nH]c(C(=O)N3CC4(CCCCC4)C[C@H]3C(=O)N[C@H](C#N)C[C@@H]3CC4(CC4)NC3=O)cc12. The fraction of sp³-hybridized carbons (Fsp3) is 0.586. The molecule has 1 aromatic heterocycles. The number of hydrogen-bond acceptors (Lipinski definition) is 5. The first-order valence-corrected chi connectivity index (χ1v) is 14.3. The van der Waals surface area contributed by atoms with Crippen LogP contribution in [-0.4, -0.2) is 58.9 Å². The van der Waals surface area contributed by atoms with E-state index in [0.717, 1.165) is 50.3 Å². The third kappa shape index (κ3) is 4.84. The number of aromatic amines is 1. The number of hydrogen-bond donors (Lipinski definition) is 3. The molecule has 3 N–H and O–H groups in total. The van der Waals surface area contributed by atoms with E-state index in [0.29, 0.717) is 41.4 Å². The first-order valence-electron chi connectivity index (χ1n) is 13.9. The van der Waals surface area contributed by atoms with E-state index in [1.54, 1.807) is 30.2 Å². The average Bonchev–Trinajstić information content (AvgIpc) is 3.23. The van der Waals surface area contributed by atoms with Crippen molar-refractivity contribution >= 4 is 40.2 Å². The number of halogens is 1. The van der Waals surface area contributed by atoms with E-state index < -0.39 is 12.1 Å². The first-order chi connectivity index (χ1) is 18.7. The molecule has 2 aliphatic heterocycles. The summed E-state index contributed by atoms with van der Waals surface area (Å²) < 4.78 is 5.46. The fourth-order valence-corrected chi connectivity index (χ4v) is 7.33. The minimum absolute atomic E-state index is 0.0322. The zero-order valence-electron chi connectivity index (χ0n) is 22.1. The van der Waals surface area contributed by atoms with Gasteiger partial charge in [-0.1, -0.05) is 30.9 Å². The second kappa shape index (κ2) is 9.74. The van der Waals surface area contributed by atoms with Crippen molar-refractivity contribution in [1.29, 1.82) is 5.26 Å². The average molecular weight is 552 g/mol. The number of ether oxygens (including phenoxy) is 1. The molecule has 1 aromatic carbocycles. The highest BCUT2D eigenvalue weighted by molar-refractivity contribution is 6.31. The second-order valence-electron chi connectivity index (χ2n) is 12.1. The molecule has 2 spiro atoms. The Hall–Kier alpha value is -3.25. The fourth-order valence-electron chi connectivity index (χ4n) is 7.12. The third-order valence-corrected chi connectivity index (χ3v) is 9.56. The van der Waals surface area contributed by atoms with Gasteiger partial charge < -0.3 is 25.3 Å². The smallest absolute Gasteiger partial charge is 0.271 e. The van der Waals surface area contributed by atoms with Crippen LogP contribution in [0.1, 0.15) is 74.7 Å². The van der Waals surface area contributed by atoms with Crippen molar-refractivity contribution in [2.24, 2.45) is 11.3 Å². The highest BCUT2D eigenvalue weighted by Gasteiger charge is 2.53. The molecule has 0 radical (unpaired) electrons. The van der Waals surface area contributed by atoms with E-state index in [9.17, 15) is 19.6 Å². The van der Waals surface area contributed by atoms with Gasteiger partial charge in [-0.05, 0) is 68.6 Å². The lowest BCUT2D eigenvalue weighted by Crippen LogP contribution is -2.49. The topological polar surface area (TPSA) is 127 Å². The zero-order valence-corrected chi connectivity index (χ0v) is 22.9. The van der Waals surface area contributed by atoms with Gasteiger partial charge in [0, 0.05) is 28.4 Å². The number of rotatable bonds is 6. The molecule has 2 aliphatic carbocycles. The molecule has 3 atom stereocenters. The minimum Gasteiger partial charge on any atom is -0.496 e. The number of H-pyrrole nitrogens is 1. The Balaban J connectivity index is 1.23. The van der Waals surface area contributed by atoms with Crippen LogP contribution < -0.4 is 15.4 Å². The molecule has 2 saturated heterocycles. The molecule has 3 heterocycles. The number of carbonyl (C=O) groups excluding carboxylic acids is 3. The van der Waals surface area contributed by atoms with Crippen molar-refractivity contribution in [3.8, 4) is 11.8 Å². The summed E-state index contributed by atoms with van der Waals surface area (Å²) in [5.74, 6) is -0.334. The van der Waals surface area contributed by atoms with E-state index in [4.69, 9.17) is 16.3 Å². The molecule has 2 aromatic rings. The molecule has 0 unspecified atom stereocenters. The Kier molecular flexibility index (Phi) is 6.49. The van der Waals surface area contributed by atoms with E-state index >= 15 is 0 Å². The van der Waals surface area contributed by atoms with Gasteiger partial charge in [0.25, 0.3) is 5.91 Å². The number of fused-ring (bicyclic) bond motifs is 1. The van der Waals surface area contributed by atoms with E-state index in [-0.39, 0.29) is 41.0 Å². The number of carbonyl (C=O) groups is 3. The van der Waals surface area contributed by atoms with Crippen molar-refractivity contribution in [1.82, 2.24) is 20.5 Å². The molecular formula is C29H34ClN5O4. The number of likely N-dealkylation sites (tertiary alicyclic amines) is 1. The Morgan fingerprint density at radius 1 is 1.21 bits per heavy atom. The maximum absolute atomic E-state index is 13.9. The number of aromatic nitrogens is 1. The molecule has 4 aliphatic rings. The lowest BCUT2D eigenvalue weighted by atomic mass is 9.72. The summed E-state index contributed by atoms with van der Waals surface area (Å²) in [6.07, 6.45) is 8.80. The zero-order chi connectivity index (χ0) is 27.4. The minimum atomic E-state index is -0.790. The van der Waals surface area contributed by atoms with Crippen LogP contribution in [0.2, 0.25) is 5.02 Å². The Labute approximate surface area is 232 Å². The number of nitrogens with zero attached hydrogens (tertiary/aromatic N) is 2. The summed E-state index contributed by atoms with van der Waals surface area (Å²) in [5, 5.41) is 17.0.